The minimum absolute atomic E-state index is 0.172. The van der Waals surface area contributed by atoms with Gasteiger partial charge in [0.05, 0.1) is 40.6 Å². The Hall–Kier alpha value is -2.81. The van der Waals surface area contributed by atoms with Crippen molar-refractivity contribution in [2.24, 2.45) is 0 Å². The molecule has 0 amide bonds. The number of hydrogen-bond acceptors (Lipinski definition) is 8. The largest absolute Gasteiger partial charge is 0.493 e. The number of nitrogens with zero attached hydrogens (tertiary/aromatic N) is 1. The van der Waals surface area contributed by atoms with Crippen LogP contribution in [0.2, 0.25) is 0 Å². The van der Waals surface area contributed by atoms with E-state index in [-0.39, 0.29) is 25.3 Å². The molecule has 0 spiro atoms. The maximum Gasteiger partial charge on any atom is 0.329 e. The molecule has 192 valence electrons. The van der Waals surface area contributed by atoms with Crippen LogP contribution in [0.15, 0.2) is 42.5 Å². The van der Waals surface area contributed by atoms with Gasteiger partial charge in [-0.1, -0.05) is 30.3 Å². The van der Waals surface area contributed by atoms with E-state index in [4.69, 9.17) is 28.4 Å². The van der Waals surface area contributed by atoms with E-state index in [1.807, 2.05) is 68.1 Å². The lowest BCUT2D eigenvalue weighted by Gasteiger charge is -2.41. The van der Waals surface area contributed by atoms with Crippen LogP contribution in [0.3, 0.4) is 0 Å². The highest BCUT2D eigenvalue weighted by molar-refractivity contribution is 5.82. The molecule has 1 saturated heterocycles. The summed E-state index contributed by atoms with van der Waals surface area (Å²) < 4.78 is 34.1. The number of carbonyl (C=O) groups excluding carboxylic acids is 1. The molecular weight excluding hydrogens is 450 g/mol. The van der Waals surface area contributed by atoms with Crippen LogP contribution < -0.4 is 14.2 Å². The minimum atomic E-state index is -1.10. The van der Waals surface area contributed by atoms with E-state index in [0.29, 0.717) is 30.3 Å². The summed E-state index contributed by atoms with van der Waals surface area (Å²) in [7, 11) is 6.35. The summed E-state index contributed by atoms with van der Waals surface area (Å²) in [5.74, 6) is 1.17. The Morgan fingerprint density at radius 2 is 1.66 bits per heavy atom. The van der Waals surface area contributed by atoms with Crippen LogP contribution in [0.5, 0.6) is 17.2 Å². The quantitative estimate of drug-likeness (QED) is 0.466. The summed E-state index contributed by atoms with van der Waals surface area (Å²) in [4.78, 5) is 15.9. The number of carbonyl (C=O) groups is 1. The molecule has 35 heavy (non-hydrogen) atoms. The maximum absolute atomic E-state index is 13.9. The van der Waals surface area contributed by atoms with Crippen molar-refractivity contribution in [1.82, 2.24) is 4.90 Å². The van der Waals surface area contributed by atoms with Gasteiger partial charge in [-0.3, -0.25) is 4.90 Å². The van der Waals surface area contributed by atoms with Crippen LogP contribution in [0, 0.1) is 0 Å². The standard InChI is InChI=1S/C27H37NO7/c1-26(2,3)35-25(29)27(15-19-13-22(31-5)24(33-7)23(14-19)32-6)17-34-18-28(27)21(16-30-4)20-11-9-8-10-12-20/h8-14,21H,15-18H2,1-7H3/t21-,27+/m0/s1. The molecule has 0 aromatic heterocycles. The van der Waals surface area contributed by atoms with E-state index in [0.717, 1.165) is 11.1 Å². The molecule has 1 heterocycles. The Morgan fingerprint density at radius 1 is 1.03 bits per heavy atom. The molecule has 8 heteroatoms. The Balaban J connectivity index is 2.12. The van der Waals surface area contributed by atoms with Crippen molar-refractivity contribution in [3.63, 3.8) is 0 Å². The monoisotopic (exact) mass is 487 g/mol. The molecule has 1 aliphatic heterocycles. The van der Waals surface area contributed by atoms with E-state index >= 15 is 0 Å². The first-order valence-corrected chi connectivity index (χ1v) is 11.6. The number of hydrogen-bond donors (Lipinski definition) is 0. The fourth-order valence-corrected chi connectivity index (χ4v) is 4.46. The zero-order chi connectivity index (χ0) is 25.6. The fourth-order valence-electron chi connectivity index (χ4n) is 4.46. The summed E-state index contributed by atoms with van der Waals surface area (Å²) >= 11 is 0. The number of esters is 1. The van der Waals surface area contributed by atoms with Gasteiger partial charge in [0.15, 0.2) is 11.5 Å². The van der Waals surface area contributed by atoms with Crippen molar-refractivity contribution in [2.75, 3.05) is 48.4 Å². The van der Waals surface area contributed by atoms with Gasteiger partial charge in [-0.05, 0) is 44.0 Å². The summed E-state index contributed by atoms with van der Waals surface area (Å²) in [5, 5.41) is 0. The second-order valence-electron chi connectivity index (χ2n) is 9.57. The smallest absolute Gasteiger partial charge is 0.329 e. The van der Waals surface area contributed by atoms with Gasteiger partial charge in [-0.25, -0.2) is 4.79 Å². The normalized spacial score (nSPS) is 19.3. The molecule has 0 bridgehead atoms. The molecule has 2 aromatic carbocycles. The van der Waals surface area contributed by atoms with Gasteiger partial charge in [-0.2, -0.15) is 0 Å². The van der Waals surface area contributed by atoms with Crippen LogP contribution in [0.4, 0.5) is 0 Å². The van der Waals surface area contributed by atoms with Crippen molar-refractivity contribution in [3.8, 4) is 17.2 Å². The Kier molecular flexibility index (Phi) is 8.64. The second-order valence-corrected chi connectivity index (χ2v) is 9.57. The highest BCUT2D eigenvalue weighted by atomic mass is 16.6. The molecule has 2 atom stereocenters. The van der Waals surface area contributed by atoms with E-state index in [2.05, 4.69) is 0 Å². The predicted octanol–water partition coefficient (Wildman–Crippen LogP) is 4.01. The third-order valence-corrected chi connectivity index (χ3v) is 6.01. The maximum atomic E-state index is 13.9. The van der Waals surface area contributed by atoms with Gasteiger partial charge >= 0.3 is 5.97 Å². The van der Waals surface area contributed by atoms with Crippen LogP contribution in [0.1, 0.15) is 37.9 Å². The van der Waals surface area contributed by atoms with Crippen LogP contribution in [-0.2, 0) is 25.4 Å². The first kappa shape index (κ1) is 26.8. The topological polar surface area (TPSA) is 75.7 Å². The first-order chi connectivity index (χ1) is 16.7. The molecule has 0 saturated carbocycles. The summed E-state index contributed by atoms with van der Waals surface area (Å²) in [6.45, 7) is 6.40. The molecule has 1 fully saturated rings. The Labute approximate surface area is 208 Å². The van der Waals surface area contributed by atoms with Crippen molar-refractivity contribution >= 4 is 5.97 Å². The van der Waals surface area contributed by atoms with Gasteiger partial charge < -0.3 is 28.4 Å². The first-order valence-electron chi connectivity index (χ1n) is 11.6. The predicted molar refractivity (Wildman–Crippen MR) is 132 cm³/mol. The van der Waals surface area contributed by atoms with E-state index in [1.54, 1.807) is 28.4 Å². The molecule has 3 rings (SSSR count). The summed E-state index contributed by atoms with van der Waals surface area (Å²) in [5.41, 5.74) is 0.0800. The molecule has 0 unspecified atom stereocenters. The number of ether oxygens (including phenoxy) is 6. The van der Waals surface area contributed by atoms with Crippen LogP contribution in [0.25, 0.3) is 0 Å². The van der Waals surface area contributed by atoms with Gasteiger partial charge in [0.25, 0.3) is 0 Å². The lowest BCUT2D eigenvalue weighted by molar-refractivity contribution is -0.169. The highest BCUT2D eigenvalue weighted by Gasteiger charge is 2.53. The minimum Gasteiger partial charge on any atom is -0.493 e. The molecule has 0 aliphatic carbocycles. The average Bonchev–Trinajstić information content (AvgIpc) is 3.25. The molecule has 1 aliphatic rings. The summed E-state index contributed by atoms with van der Waals surface area (Å²) in [6, 6.07) is 13.5. The van der Waals surface area contributed by atoms with E-state index in [9.17, 15) is 4.79 Å². The third-order valence-electron chi connectivity index (χ3n) is 6.01. The van der Waals surface area contributed by atoms with Crippen molar-refractivity contribution in [3.05, 3.63) is 53.6 Å². The number of rotatable bonds is 10. The second kappa shape index (κ2) is 11.3. The molecule has 0 radical (unpaired) electrons. The van der Waals surface area contributed by atoms with Crippen molar-refractivity contribution < 1.29 is 33.2 Å². The zero-order valence-electron chi connectivity index (χ0n) is 21.8. The zero-order valence-corrected chi connectivity index (χ0v) is 21.8. The van der Waals surface area contributed by atoms with Gasteiger partial charge in [0.1, 0.15) is 17.9 Å². The highest BCUT2D eigenvalue weighted by Crippen LogP contribution is 2.42. The lowest BCUT2D eigenvalue weighted by Crippen LogP contribution is -2.58. The van der Waals surface area contributed by atoms with Crippen molar-refractivity contribution in [2.45, 2.75) is 44.4 Å². The number of methoxy groups -OCH3 is 4. The molecular formula is C27H37NO7. The van der Waals surface area contributed by atoms with Crippen LogP contribution >= 0.6 is 0 Å². The van der Waals surface area contributed by atoms with Gasteiger partial charge in [0.2, 0.25) is 5.75 Å². The molecule has 0 N–H and O–H groups in total. The van der Waals surface area contributed by atoms with E-state index in [1.165, 1.54) is 0 Å². The number of benzene rings is 2. The Morgan fingerprint density at radius 3 is 2.17 bits per heavy atom. The van der Waals surface area contributed by atoms with Crippen molar-refractivity contribution in [1.29, 1.82) is 0 Å². The summed E-state index contributed by atoms with van der Waals surface area (Å²) in [6.07, 6.45) is 0.311. The molecule has 2 aromatic rings. The van der Waals surface area contributed by atoms with Gasteiger partial charge in [0, 0.05) is 13.5 Å². The lowest BCUT2D eigenvalue weighted by atomic mass is 9.87. The van der Waals surface area contributed by atoms with E-state index < -0.39 is 11.1 Å². The molecule has 8 nitrogen and oxygen atoms in total. The Bertz CT molecular complexity index is 964. The SMILES string of the molecule is COC[C@@H](c1ccccc1)N1COC[C@]1(Cc1cc(OC)c(OC)c(OC)c1)C(=O)OC(C)(C)C. The third kappa shape index (κ3) is 5.89. The fraction of sp³-hybridized carbons (Fsp3) is 0.519. The van der Waals surface area contributed by atoms with Gasteiger partial charge in [-0.15, -0.1) is 0 Å². The average molecular weight is 488 g/mol. The van der Waals surface area contributed by atoms with Crippen LogP contribution in [-0.4, -0.2) is 70.4 Å².